The van der Waals surface area contributed by atoms with Crippen molar-refractivity contribution in [3.05, 3.63) is 59.4 Å². The number of halogens is 3. The largest absolute Gasteiger partial charge is 0.326 e. The van der Waals surface area contributed by atoms with Crippen LogP contribution in [0.3, 0.4) is 0 Å². The van der Waals surface area contributed by atoms with Crippen molar-refractivity contribution in [1.29, 1.82) is 0 Å². The van der Waals surface area contributed by atoms with Gasteiger partial charge < -0.3 is 5.73 Å². The van der Waals surface area contributed by atoms with Gasteiger partial charge in [0.25, 0.3) is 10.0 Å². The zero-order valence-corrected chi connectivity index (χ0v) is 11.4. The van der Waals surface area contributed by atoms with E-state index in [2.05, 4.69) is 4.72 Å². The fourth-order valence-electron chi connectivity index (χ4n) is 1.71. The molecule has 0 spiro atoms. The van der Waals surface area contributed by atoms with Crippen molar-refractivity contribution >= 4 is 15.7 Å². The molecule has 2 aromatic rings. The summed E-state index contributed by atoms with van der Waals surface area (Å²) in [6.07, 6.45) is 0. The highest BCUT2D eigenvalue weighted by molar-refractivity contribution is 7.92. The van der Waals surface area contributed by atoms with Crippen LogP contribution < -0.4 is 10.5 Å². The molecule has 0 unspecified atom stereocenters. The minimum atomic E-state index is -4.35. The average Bonchev–Trinajstić information content (AvgIpc) is 2.43. The molecule has 2 aromatic carbocycles. The van der Waals surface area contributed by atoms with Crippen molar-refractivity contribution in [3.63, 3.8) is 0 Å². The van der Waals surface area contributed by atoms with Crippen LogP contribution in [0.1, 0.15) is 5.56 Å². The van der Waals surface area contributed by atoms with Gasteiger partial charge in [0.2, 0.25) is 0 Å². The fraction of sp³-hybridized carbons (Fsp3) is 0.0769. The molecule has 0 heterocycles. The van der Waals surface area contributed by atoms with Crippen molar-refractivity contribution in [3.8, 4) is 0 Å². The van der Waals surface area contributed by atoms with Crippen LogP contribution in [-0.2, 0) is 16.6 Å². The number of rotatable bonds is 4. The van der Waals surface area contributed by atoms with Crippen LogP contribution in [0.5, 0.6) is 0 Å². The maximum Gasteiger partial charge on any atom is 0.264 e. The van der Waals surface area contributed by atoms with Gasteiger partial charge in [0.15, 0.2) is 0 Å². The first-order chi connectivity index (χ1) is 9.83. The maximum atomic E-state index is 13.5. The Kier molecular flexibility index (Phi) is 4.19. The fourth-order valence-corrected chi connectivity index (χ4v) is 2.90. The molecular formula is C13H11F3N2O2S. The van der Waals surface area contributed by atoms with Crippen molar-refractivity contribution in [2.24, 2.45) is 5.73 Å². The molecule has 21 heavy (non-hydrogen) atoms. The van der Waals surface area contributed by atoms with Gasteiger partial charge in [-0.15, -0.1) is 0 Å². The van der Waals surface area contributed by atoms with Crippen LogP contribution in [-0.4, -0.2) is 8.42 Å². The van der Waals surface area contributed by atoms with Gasteiger partial charge in [-0.1, -0.05) is 0 Å². The van der Waals surface area contributed by atoms with E-state index in [0.717, 1.165) is 24.3 Å². The summed E-state index contributed by atoms with van der Waals surface area (Å²) in [7, 11) is -4.35. The molecule has 0 saturated carbocycles. The van der Waals surface area contributed by atoms with Crippen molar-refractivity contribution in [2.45, 2.75) is 11.4 Å². The lowest BCUT2D eigenvalue weighted by molar-refractivity contribution is 0.555. The van der Waals surface area contributed by atoms with E-state index in [9.17, 15) is 21.6 Å². The minimum absolute atomic E-state index is 0.00237. The Balaban J connectivity index is 2.45. The molecule has 4 nitrogen and oxygen atoms in total. The molecule has 3 N–H and O–H groups in total. The van der Waals surface area contributed by atoms with Crippen LogP contribution in [0.25, 0.3) is 0 Å². The zero-order valence-electron chi connectivity index (χ0n) is 10.6. The Morgan fingerprint density at radius 2 is 1.62 bits per heavy atom. The van der Waals surface area contributed by atoms with Gasteiger partial charge in [-0.25, -0.2) is 21.6 Å². The first kappa shape index (κ1) is 15.3. The first-order valence-electron chi connectivity index (χ1n) is 5.80. The highest BCUT2D eigenvalue weighted by atomic mass is 32.2. The van der Waals surface area contributed by atoms with Crippen LogP contribution >= 0.6 is 0 Å². The van der Waals surface area contributed by atoms with Gasteiger partial charge in [-0.05, 0) is 42.0 Å². The molecule has 0 aliphatic rings. The summed E-state index contributed by atoms with van der Waals surface area (Å²) in [6, 6.07) is 5.31. The van der Waals surface area contributed by atoms with Gasteiger partial charge in [0, 0.05) is 6.54 Å². The predicted octanol–water partition coefficient (Wildman–Crippen LogP) is 2.36. The van der Waals surface area contributed by atoms with Crippen molar-refractivity contribution in [1.82, 2.24) is 0 Å². The van der Waals surface area contributed by atoms with E-state index in [-0.39, 0.29) is 17.8 Å². The third-order valence-corrected chi connectivity index (χ3v) is 4.09. The molecule has 0 fully saturated rings. The third kappa shape index (κ3) is 3.34. The van der Waals surface area contributed by atoms with Crippen LogP contribution in [0.15, 0.2) is 41.3 Å². The quantitative estimate of drug-likeness (QED) is 0.909. The first-order valence-corrected chi connectivity index (χ1v) is 7.28. The molecule has 0 amide bonds. The molecule has 0 radical (unpaired) electrons. The standard InChI is InChI=1S/C13H11F3N2O2S/c14-9-2-4-12(8(5-9)7-17)18-21(19,20)13-6-10(15)1-3-11(13)16/h1-6,18H,7,17H2. The van der Waals surface area contributed by atoms with E-state index < -0.39 is 32.4 Å². The summed E-state index contributed by atoms with van der Waals surface area (Å²) in [5.41, 5.74) is 5.59. The van der Waals surface area contributed by atoms with E-state index in [1.54, 1.807) is 0 Å². The summed E-state index contributed by atoms with van der Waals surface area (Å²) in [6.45, 7) is -0.124. The summed E-state index contributed by atoms with van der Waals surface area (Å²) in [5.74, 6) is -2.58. The normalized spacial score (nSPS) is 11.4. The summed E-state index contributed by atoms with van der Waals surface area (Å²) < 4.78 is 65.9. The monoisotopic (exact) mass is 316 g/mol. The van der Waals surface area contributed by atoms with E-state index >= 15 is 0 Å². The van der Waals surface area contributed by atoms with E-state index in [4.69, 9.17) is 5.73 Å². The van der Waals surface area contributed by atoms with E-state index in [0.29, 0.717) is 12.1 Å². The zero-order chi connectivity index (χ0) is 15.6. The molecular weight excluding hydrogens is 305 g/mol. The van der Waals surface area contributed by atoms with Crippen LogP contribution in [0.2, 0.25) is 0 Å². The molecule has 0 aliphatic heterocycles. The van der Waals surface area contributed by atoms with Crippen molar-refractivity contribution in [2.75, 3.05) is 4.72 Å². The molecule has 0 bridgehead atoms. The molecule has 2 rings (SSSR count). The number of nitrogens with one attached hydrogen (secondary N) is 1. The Bertz CT molecular complexity index is 779. The molecule has 112 valence electrons. The molecule has 8 heteroatoms. The summed E-state index contributed by atoms with van der Waals surface area (Å²) in [5, 5.41) is 0. The maximum absolute atomic E-state index is 13.5. The topological polar surface area (TPSA) is 72.2 Å². The minimum Gasteiger partial charge on any atom is -0.326 e. The Labute approximate surface area is 119 Å². The number of nitrogens with two attached hydrogens (primary N) is 1. The summed E-state index contributed by atoms with van der Waals surface area (Å²) >= 11 is 0. The second-order valence-electron chi connectivity index (χ2n) is 4.19. The van der Waals surface area contributed by atoms with Gasteiger partial charge in [-0.2, -0.15) is 0 Å². The lowest BCUT2D eigenvalue weighted by Crippen LogP contribution is -2.17. The smallest absolute Gasteiger partial charge is 0.264 e. The lowest BCUT2D eigenvalue weighted by atomic mass is 10.2. The Hall–Kier alpha value is -2.06. The third-order valence-electron chi connectivity index (χ3n) is 2.71. The van der Waals surface area contributed by atoms with Crippen molar-refractivity contribution < 1.29 is 21.6 Å². The molecule has 0 saturated heterocycles. The molecule has 0 atom stereocenters. The van der Waals surface area contributed by atoms with Crippen LogP contribution in [0.4, 0.5) is 18.9 Å². The highest BCUT2D eigenvalue weighted by Crippen LogP contribution is 2.23. The molecule has 0 aromatic heterocycles. The Morgan fingerprint density at radius 3 is 2.29 bits per heavy atom. The van der Waals surface area contributed by atoms with Gasteiger partial charge in [0.05, 0.1) is 5.69 Å². The second kappa shape index (κ2) is 5.74. The van der Waals surface area contributed by atoms with E-state index in [1.807, 2.05) is 0 Å². The average molecular weight is 316 g/mol. The molecule has 0 aliphatic carbocycles. The summed E-state index contributed by atoms with van der Waals surface area (Å²) in [4.78, 5) is -0.838. The number of hydrogen-bond acceptors (Lipinski definition) is 3. The number of benzene rings is 2. The second-order valence-corrected chi connectivity index (χ2v) is 5.84. The number of anilines is 1. The van der Waals surface area contributed by atoms with Gasteiger partial charge in [-0.3, -0.25) is 4.72 Å². The van der Waals surface area contributed by atoms with Gasteiger partial charge >= 0.3 is 0 Å². The highest BCUT2D eigenvalue weighted by Gasteiger charge is 2.21. The SMILES string of the molecule is NCc1cc(F)ccc1NS(=O)(=O)c1cc(F)ccc1F. The number of hydrogen-bond donors (Lipinski definition) is 2. The van der Waals surface area contributed by atoms with E-state index in [1.165, 1.54) is 0 Å². The van der Waals surface area contributed by atoms with Gasteiger partial charge in [0.1, 0.15) is 22.3 Å². The number of sulfonamides is 1. The predicted molar refractivity (Wildman–Crippen MR) is 71.5 cm³/mol. The lowest BCUT2D eigenvalue weighted by Gasteiger charge is -2.12. The van der Waals surface area contributed by atoms with Crippen LogP contribution in [0, 0.1) is 17.5 Å². The Morgan fingerprint density at radius 1 is 1.00 bits per heavy atom.